The van der Waals surface area contributed by atoms with Crippen LogP contribution in [0.25, 0.3) is 10.9 Å². The van der Waals surface area contributed by atoms with Crippen molar-refractivity contribution in [3.05, 3.63) is 82.3 Å². The Balaban J connectivity index is 0.000000482. The van der Waals surface area contributed by atoms with Crippen LogP contribution < -0.4 is 10.6 Å². The highest BCUT2D eigenvalue weighted by atomic mass is 32.2. The Morgan fingerprint density at radius 3 is 2.28 bits per heavy atom. The fourth-order valence-electron chi connectivity index (χ4n) is 3.48. The van der Waals surface area contributed by atoms with Gasteiger partial charge in [-0.15, -0.1) is 11.8 Å². The Hall–Kier alpha value is -3.25. The lowest BCUT2D eigenvalue weighted by atomic mass is 9.92. The van der Waals surface area contributed by atoms with E-state index in [1.54, 1.807) is 11.8 Å². The molecule has 3 aromatic rings. The molecular weight excluding hydrogens is 466 g/mol. The van der Waals surface area contributed by atoms with E-state index in [-0.39, 0.29) is 11.3 Å². The highest BCUT2D eigenvalue weighted by Gasteiger charge is 2.16. The largest absolute Gasteiger partial charge is 0.388 e. The number of amides is 1. The number of rotatable bonds is 8. The van der Waals surface area contributed by atoms with Gasteiger partial charge in [-0.05, 0) is 78.5 Å². The molecule has 0 atom stereocenters. The summed E-state index contributed by atoms with van der Waals surface area (Å²) in [6.07, 6.45) is 3.42. The van der Waals surface area contributed by atoms with Gasteiger partial charge >= 0.3 is 0 Å². The predicted molar refractivity (Wildman–Crippen MR) is 157 cm³/mol. The molecule has 0 unspecified atom stereocenters. The predicted octanol–water partition coefficient (Wildman–Crippen LogP) is 8.12. The molecule has 0 aliphatic carbocycles. The Morgan fingerprint density at radius 1 is 1.03 bits per heavy atom. The molecule has 1 amide bonds. The van der Waals surface area contributed by atoms with E-state index in [1.807, 2.05) is 93.9 Å². The number of carbonyl (C=O) groups is 2. The van der Waals surface area contributed by atoms with E-state index in [4.69, 9.17) is 0 Å². The average molecular weight is 506 g/mol. The van der Waals surface area contributed by atoms with Crippen LogP contribution in [0.3, 0.4) is 0 Å². The molecule has 5 nitrogen and oxygen atoms in total. The third kappa shape index (κ3) is 9.42. The molecule has 36 heavy (non-hydrogen) atoms. The minimum absolute atomic E-state index is 0.00274. The summed E-state index contributed by atoms with van der Waals surface area (Å²) in [5.41, 5.74) is 4.64. The normalized spacial score (nSPS) is 12.1. The van der Waals surface area contributed by atoms with Gasteiger partial charge in [-0.2, -0.15) is 0 Å². The van der Waals surface area contributed by atoms with Gasteiger partial charge in [-0.3, -0.25) is 9.59 Å². The van der Waals surface area contributed by atoms with Crippen molar-refractivity contribution in [3.8, 4) is 0 Å². The number of benzene rings is 2. The van der Waals surface area contributed by atoms with Crippen LogP contribution in [-0.2, 0) is 11.3 Å². The van der Waals surface area contributed by atoms with Crippen molar-refractivity contribution in [1.82, 2.24) is 4.57 Å². The van der Waals surface area contributed by atoms with E-state index in [0.29, 0.717) is 18.7 Å². The van der Waals surface area contributed by atoms with Gasteiger partial charge in [0.15, 0.2) is 6.29 Å². The topological polar surface area (TPSA) is 63.1 Å². The maximum atomic E-state index is 12.2. The van der Waals surface area contributed by atoms with Crippen molar-refractivity contribution in [2.45, 2.75) is 54.5 Å². The van der Waals surface area contributed by atoms with Crippen LogP contribution in [-0.4, -0.2) is 23.8 Å². The standard InChI is InChI=1S/C23H30N2O2S.C7H9N/c1-7-17(3)28-15-16(2)13-25-20(14-26)11-18-10-19(8-9-21(18)25)24-22(27)12-23(4,5)6;1-8-7-5-3-2-4-6-7/h7-11,14-15H,12-13H2,1-6H3,(H,24,27);2-6,8H,1H3/b16-15+,17-7-;. The van der Waals surface area contributed by atoms with Gasteiger partial charge in [0.1, 0.15) is 0 Å². The molecule has 0 aliphatic heterocycles. The molecule has 1 aromatic heterocycles. The minimum atomic E-state index is -0.0601. The summed E-state index contributed by atoms with van der Waals surface area (Å²) >= 11 is 1.69. The van der Waals surface area contributed by atoms with Crippen LogP contribution in [0, 0.1) is 5.41 Å². The monoisotopic (exact) mass is 505 g/mol. The summed E-state index contributed by atoms with van der Waals surface area (Å²) in [6, 6.07) is 17.7. The maximum absolute atomic E-state index is 12.2. The zero-order valence-corrected chi connectivity index (χ0v) is 23.3. The van der Waals surface area contributed by atoms with Gasteiger partial charge in [0.05, 0.1) is 5.69 Å². The van der Waals surface area contributed by atoms with E-state index in [0.717, 1.165) is 28.6 Å². The number of para-hydroxylation sites is 1. The molecule has 0 aliphatic rings. The third-order valence-corrected chi connectivity index (χ3v) is 6.48. The zero-order valence-electron chi connectivity index (χ0n) is 22.5. The Kier molecular flexibility index (Phi) is 11.1. The van der Waals surface area contributed by atoms with Gasteiger partial charge in [0, 0.05) is 42.3 Å². The molecule has 2 aromatic carbocycles. The SMILES string of the molecule is C/C=C(/C)S/C=C(\C)Cn1c(C=O)cc2cc(NC(=O)CC(C)(C)C)ccc21.CNc1ccccc1. The first-order valence-electron chi connectivity index (χ1n) is 12.1. The summed E-state index contributed by atoms with van der Waals surface area (Å²) in [5.74, 6) is -0.00274. The van der Waals surface area contributed by atoms with Gasteiger partial charge in [-0.25, -0.2) is 0 Å². The lowest BCUT2D eigenvalue weighted by Gasteiger charge is -2.17. The number of nitrogens with zero attached hydrogens (tertiary/aromatic N) is 1. The highest BCUT2D eigenvalue weighted by molar-refractivity contribution is 8.05. The van der Waals surface area contributed by atoms with E-state index < -0.39 is 0 Å². The first kappa shape index (κ1) is 29.0. The Labute approximate surface area is 220 Å². The van der Waals surface area contributed by atoms with Gasteiger partial charge in [0.25, 0.3) is 0 Å². The van der Waals surface area contributed by atoms with Crippen LogP contribution in [0.4, 0.5) is 11.4 Å². The number of nitrogens with one attached hydrogen (secondary N) is 2. The molecule has 6 heteroatoms. The molecular formula is C30H39N3O2S. The first-order chi connectivity index (χ1) is 17.1. The minimum Gasteiger partial charge on any atom is -0.388 e. The van der Waals surface area contributed by atoms with Gasteiger partial charge in [0.2, 0.25) is 5.91 Å². The van der Waals surface area contributed by atoms with E-state index in [1.165, 1.54) is 10.5 Å². The Bertz CT molecular complexity index is 1220. The number of thioether (sulfide) groups is 1. The van der Waals surface area contributed by atoms with Crippen LogP contribution in [0.2, 0.25) is 0 Å². The molecule has 0 radical (unpaired) electrons. The number of hydrogen-bond donors (Lipinski definition) is 2. The van der Waals surface area contributed by atoms with Crippen LogP contribution in [0.5, 0.6) is 0 Å². The second kappa shape index (κ2) is 13.7. The van der Waals surface area contributed by atoms with Gasteiger partial charge < -0.3 is 15.2 Å². The van der Waals surface area contributed by atoms with Crippen LogP contribution in [0.15, 0.2) is 76.6 Å². The second-order valence-corrected chi connectivity index (χ2v) is 11.0. The van der Waals surface area contributed by atoms with Crippen molar-refractivity contribution in [3.63, 3.8) is 0 Å². The number of carbonyl (C=O) groups excluding carboxylic acids is 2. The van der Waals surface area contributed by atoms with Crippen molar-refractivity contribution in [2.75, 3.05) is 17.7 Å². The average Bonchev–Trinajstić information content (AvgIpc) is 3.18. The quantitative estimate of drug-likeness (QED) is 0.303. The summed E-state index contributed by atoms with van der Waals surface area (Å²) in [6.45, 7) is 12.9. The first-order valence-corrected chi connectivity index (χ1v) is 13.0. The summed E-state index contributed by atoms with van der Waals surface area (Å²) < 4.78 is 2.01. The zero-order chi connectivity index (χ0) is 26.7. The van der Waals surface area contributed by atoms with Gasteiger partial charge in [-0.1, -0.05) is 45.0 Å². The molecule has 2 N–H and O–H groups in total. The molecule has 0 fully saturated rings. The number of allylic oxidation sites excluding steroid dienone is 3. The molecule has 1 heterocycles. The molecule has 0 spiro atoms. The summed E-state index contributed by atoms with van der Waals surface area (Å²) in [7, 11) is 1.91. The fourth-order valence-corrected chi connectivity index (χ4v) is 4.08. The molecule has 0 saturated heterocycles. The fraction of sp³-hybridized carbons (Fsp3) is 0.333. The van der Waals surface area contributed by atoms with E-state index >= 15 is 0 Å². The lowest BCUT2D eigenvalue weighted by molar-refractivity contribution is -0.117. The number of fused-ring (bicyclic) bond motifs is 1. The molecule has 0 bridgehead atoms. The molecule has 3 rings (SSSR count). The molecule has 192 valence electrons. The van der Waals surface area contributed by atoms with E-state index in [2.05, 4.69) is 36.0 Å². The number of anilines is 2. The van der Waals surface area contributed by atoms with Crippen molar-refractivity contribution in [2.24, 2.45) is 5.41 Å². The maximum Gasteiger partial charge on any atom is 0.224 e. The summed E-state index contributed by atoms with van der Waals surface area (Å²) in [4.78, 5) is 25.0. The van der Waals surface area contributed by atoms with Crippen molar-refractivity contribution < 1.29 is 9.59 Å². The van der Waals surface area contributed by atoms with Crippen molar-refractivity contribution in [1.29, 1.82) is 0 Å². The van der Waals surface area contributed by atoms with Crippen LogP contribution in [0.1, 0.15) is 58.5 Å². The number of aromatic nitrogens is 1. The Morgan fingerprint density at radius 2 is 1.72 bits per heavy atom. The van der Waals surface area contributed by atoms with Crippen molar-refractivity contribution >= 4 is 46.2 Å². The number of aldehydes is 1. The summed E-state index contributed by atoms with van der Waals surface area (Å²) in [5, 5.41) is 9.05. The number of hydrogen-bond acceptors (Lipinski definition) is 4. The highest BCUT2D eigenvalue weighted by Crippen LogP contribution is 2.26. The van der Waals surface area contributed by atoms with E-state index in [9.17, 15) is 9.59 Å². The lowest BCUT2D eigenvalue weighted by Crippen LogP contribution is -2.19. The smallest absolute Gasteiger partial charge is 0.224 e. The third-order valence-electron chi connectivity index (χ3n) is 5.35. The second-order valence-electron chi connectivity index (χ2n) is 9.93. The van der Waals surface area contributed by atoms with Crippen LogP contribution >= 0.6 is 11.8 Å². The molecule has 0 saturated carbocycles.